The van der Waals surface area contributed by atoms with Crippen molar-refractivity contribution in [1.82, 2.24) is 5.32 Å². The van der Waals surface area contributed by atoms with Crippen LogP contribution in [0.3, 0.4) is 0 Å². The lowest BCUT2D eigenvalue weighted by molar-refractivity contribution is -0.114. The molecule has 2 amide bonds. The SMILES string of the molecule is CC(=O)Nc1ccc(F)c(C(=O)NCCC2CCc3ccccc32)c1. The Morgan fingerprint density at radius 3 is 2.80 bits per heavy atom. The highest BCUT2D eigenvalue weighted by Crippen LogP contribution is 2.34. The summed E-state index contributed by atoms with van der Waals surface area (Å²) in [4.78, 5) is 23.4. The summed E-state index contributed by atoms with van der Waals surface area (Å²) in [6.45, 7) is 1.85. The summed E-state index contributed by atoms with van der Waals surface area (Å²) in [6, 6.07) is 12.4. The van der Waals surface area contributed by atoms with Crippen LogP contribution in [0.5, 0.6) is 0 Å². The van der Waals surface area contributed by atoms with Crippen LogP contribution in [-0.2, 0) is 11.2 Å². The van der Waals surface area contributed by atoms with E-state index in [1.165, 1.54) is 36.2 Å². The summed E-state index contributed by atoms with van der Waals surface area (Å²) >= 11 is 0. The summed E-state index contributed by atoms with van der Waals surface area (Å²) in [5, 5.41) is 5.34. The Balaban J connectivity index is 1.59. The predicted molar refractivity (Wildman–Crippen MR) is 95.2 cm³/mol. The van der Waals surface area contributed by atoms with Crippen LogP contribution in [0.25, 0.3) is 0 Å². The molecule has 0 radical (unpaired) electrons. The Kier molecular flexibility index (Phi) is 5.12. The maximum absolute atomic E-state index is 13.9. The van der Waals surface area contributed by atoms with Gasteiger partial charge >= 0.3 is 0 Å². The quantitative estimate of drug-likeness (QED) is 0.873. The van der Waals surface area contributed by atoms with E-state index in [2.05, 4.69) is 22.8 Å². The van der Waals surface area contributed by atoms with Crippen LogP contribution in [0.2, 0.25) is 0 Å². The second kappa shape index (κ2) is 7.47. The number of halogens is 1. The van der Waals surface area contributed by atoms with E-state index >= 15 is 0 Å². The molecule has 130 valence electrons. The smallest absolute Gasteiger partial charge is 0.254 e. The minimum absolute atomic E-state index is 0.0573. The minimum Gasteiger partial charge on any atom is -0.352 e. The summed E-state index contributed by atoms with van der Waals surface area (Å²) in [7, 11) is 0. The first-order valence-corrected chi connectivity index (χ1v) is 8.47. The summed E-state index contributed by atoms with van der Waals surface area (Å²) in [5.41, 5.74) is 3.09. The number of fused-ring (bicyclic) bond motifs is 1. The molecule has 25 heavy (non-hydrogen) atoms. The molecule has 0 aromatic heterocycles. The largest absolute Gasteiger partial charge is 0.352 e. The number of carbonyl (C=O) groups is 2. The van der Waals surface area contributed by atoms with E-state index in [0.717, 1.165) is 19.3 Å². The van der Waals surface area contributed by atoms with Gasteiger partial charge in [-0.15, -0.1) is 0 Å². The molecule has 0 fully saturated rings. The molecule has 0 saturated carbocycles. The number of rotatable bonds is 5. The van der Waals surface area contributed by atoms with Gasteiger partial charge in [-0.2, -0.15) is 0 Å². The Morgan fingerprint density at radius 1 is 1.20 bits per heavy atom. The van der Waals surface area contributed by atoms with Crippen LogP contribution in [0.1, 0.15) is 47.2 Å². The first kappa shape index (κ1) is 17.1. The molecule has 1 aliphatic rings. The van der Waals surface area contributed by atoms with E-state index in [0.29, 0.717) is 18.2 Å². The molecule has 3 rings (SSSR count). The van der Waals surface area contributed by atoms with Crippen LogP contribution < -0.4 is 10.6 Å². The van der Waals surface area contributed by atoms with E-state index in [1.54, 1.807) is 0 Å². The van der Waals surface area contributed by atoms with Crippen molar-refractivity contribution in [3.8, 4) is 0 Å². The fraction of sp³-hybridized carbons (Fsp3) is 0.300. The van der Waals surface area contributed by atoms with Crippen molar-refractivity contribution < 1.29 is 14.0 Å². The number of aryl methyl sites for hydroxylation is 1. The normalized spacial score (nSPS) is 15.5. The fourth-order valence-electron chi connectivity index (χ4n) is 3.38. The van der Waals surface area contributed by atoms with Crippen LogP contribution >= 0.6 is 0 Å². The van der Waals surface area contributed by atoms with Gasteiger partial charge < -0.3 is 10.6 Å². The highest BCUT2D eigenvalue weighted by Gasteiger charge is 2.22. The Morgan fingerprint density at radius 2 is 2.00 bits per heavy atom. The molecule has 4 nitrogen and oxygen atoms in total. The Bertz CT molecular complexity index is 804. The lowest BCUT2D eigenvalue weighted by Gasteiger charge is -2.13. The Labute approximate surface area is 146 Å². The number of hydrogen-bond donors (Lipinski definition) is 2. The molecule has 1 aliphatic carbocycles. The summed E-state index contributed by atoms with van der Waals surface area (Å²) < 4.78 is 13.9. The van der Waals surface area contributed by atoms with Crippen molar-refractivity contribution in [2.45, 2.75) is 32.1 Å². The van der Waals surface area contributed by atoms with Gasteiger partial charge in [0.2, 0.25) is 5.91 Å². The van der Waals surface area contributed by atoms with Crippen LogP contribution in [0, 0.1) is 5.82 Å². The second-order valence-electron chi connectivity index (χ2n) is 6.35. The zero-order valence-corrected chi connectivity index (χ0v) is 14.1. The average molecular weight is 340 g/mol. The molecule has 0 saturated heterocycles. The third-order valence-electron chi connectivity index (χ3n) is 4.57. The topological polar surface area (TPSA) is 58.2 Å². The first-order valence-electron chi connectivity index (χ1n) is 8.47. The first-order chi connectivity index (χ1) is 12.0. The number of amides is 2. The molecule has 1 unspecified atom stereocenters. The molecule has 2 N–H and O–H groups in total. The maximum atomic E-state index is 13.9. The summed E-state index contributed by atoms with van der Waals surface area (Å²) in [5.74, 6) is -0.890. The number of benzene rings is 2. The van der Waals surface area contributed by atoms with Gasteiger partial charge in [0.25, 0.3) is 5.91 Å². The highest BCUT2D eigenvalue weighted by atomic mass is 19.1. The molecular formula is C20H21FN2O2. The number of hydrogen-bond acceptors (Lipinski definition) is 2. The standard InChI is InChI=1S/C20H21FN2O2/c1-13(24)23-16-8-9-19(21)18(12-16)20(25)22-11-10-15-7-6-14-4-2-3-5-17(14)15/h2-5,8-9,12,15H,6-7,10-11H2,1H3,(H,22,25)(H,23,24). The molecule has 0 spiro atoms. The molecular weight excluding hydrogens is 319 g/mol. The molecule has 0 bridgehead atoms. The van der Waals surface area contributed by atoms with Gasteiger partial charge in [0.1, 0.15) is 5.82 Å². The lowest BCUT2D eigenvalue weighted by Crippen LogP contribution is -2.26. The molecule has 1 atom stereocenters. The van der Waals surface area contributed by atoms with E-state index in [9.17, 15) is 14.0 Å². The zero-order chi connectivity index (χ0) is 17.8. The zero-order valence-electron chi connectivity index (χ0n) is 14.1. The second-order valence-corrected chi connectivity index (χ2v) is 6.35. The molecule has 5 heteroatoms. The third-order valence-corrected chi connectivity index (χ3v) is 4.57. The average Bonchev–Trinajstić information content (AvgIpc) is 2.99. The van der Waals surface area contributed by atoms with E-state index < -0.39 is 11.7 Å². The van der Waals surface area contributed by atoms with Crippen molar-refractivity contribution in [3.63, 3.8) is 0 Å². The van der Waals surface area contributed by atoms with Gasteiger partial charge in [0, 0.05) is 19.2 Å². The van der Waals surface area contributed by atoms with Gasteiger partial charge in [-0.3, -0.25) is 9.59 Å². The van der Waals surface area contributed by atoms with Crippen molar-refractivity contribution in [2.24, 2.45) is 0 Å². The predicted octanol–water partition coefficient (Wildman–Crippen LogP) is 3.63. The van der Waals surface area contributed by atoms with Crippen molar-refractivity contribution in [3.05, 3.63) is 65.0 Å². The van der Waals surface area contributed by atoms with E-state index in [4.69, 9.17) is 0 Å². The van der Waals surface area contributed by atoms with Gasteiger partial charge in [0.05, 0.1) is 5.56 Å². The lowest BCUT2D eigenvalue weighted by atomic mass is 9.98. The van der Waals surface area contributed by atoms with Crippen molar-refractivity contribution in [2.75, 3.05) is 11.9 Å². The maximum Gasteiger partial charge on any atom is 0.254 e. The summed E-state index contributed by atoms with van der Waals surface area (Å²) in [6.07, 6.45) is 2.99. The van der Waals surface area contributed by atoms with Gasteiger partial charge in [-0.25, -0.2) is 4.39 Å². The highest BCUT2D eigenvalue weighted by molar-refractivity contribution is 5.97. The van der Waals surface area contributed by atoms with Crippen LogP contribution in [-0.4, -0.2) is 18.4 Å². The van der Waals surface area contributed by atoms with Crippen molar-refractivity contribution >= 4 is 17.5 Å². The molecule has 2 aromatic rings. The van der Waals surface area contributed by atoms with Crippen LogP contribution in [0.15, 0.2) is 42.5 Å². The van der Waals surface area contributed by atoms with Crippen molar-refractivity contribution in [1.29, 1.82) is 0 Å². The van der Waals surface area contributed by atoms with E-state index in [1.807, 2.05) is 12.1 Å². The Hall–Kier alpha value is -2.69. The van der Waals surface area contributed by atoms with Crippen LogP contribution in [0.4, 0.5) is 10.1 Å². The third kappa shape index (κ3) is 4.05. The molecule has 0 heterocycles. The fourth-order valence-corrected chi connectivity index (χ4v) is 3.38. The van der Waals surface area contributed by atoms with Gasteiger partial charge in [0.15, 0.2) is 0 Å². The van der Waals surface area contributed by atoms with Gasteiger partial charge in [-0.1, -0.05) is 24.3 Å². The number of anilines is 1. The van der Waals surface area contributed by atoms with E-state index in [-0.39, 0.29) is 11.5 Å². The number of carbonyl (C=O) groups excluding carboxylic acids is 2. The monoisotopic (exact) mass is 340 g/mol. The van der Waals surface area contributed by atoms with Gasteiger partial charge in [-0.05, 0) is 54.5 Å². The number of nitrogens with one attached hydrogen (secondary N) is 2. The minimum atomic E-state index is -0.599. The molecule has 0 aliphatic heterocycles. The molecule has 2 aromatic carbocycles.